The Morgan fingerprint density at radius 3 is 1.93 bits per heavy atom. The number of quaternary nitrogens is 1. The van der Waals surface area contributed by atoms with Crippen LogP contribution in [-0.4, -0.2) is 35.8 Å². The number of hydrogen-bond acceptors (Lipinski definition) is 1. The molecular formula is C26H42NO+. The second kappa shape index (κ2) is 11.5. The standard InChI is InChI=1S/C26H41NO/c1-5-9-16-27(17-10-6-2,18-11-7-3)21-22(8-4)24-19-23-14-12-13-15-25(23)26(28)20-24/h12-15,19-20,22H,5-11,16-18,21H2,1-4H3/p+1. The van der Waals surface area contributed by atoms with Gasteiger partial charge in [0.25, 0.3) is 0 Å². The van der Waals surface area contributed by atoms with E-state index in [9.17, 15) is 5.11 Å². The third-order valence-electron chi connectivity index (χ3n) is 6.39. The van der Waals surface area contributed by atoms with Crippen molar-refractivity contribution in [2.75, 3.05) is 26.2 Å². The van der Waals surface area contributed by atoms with E-state index in [-0.39, 0.29) is 0 Å². The fourth-order valence-corrected chi connectivity index (χ4v) is 4.58. The first kappa shape index (κ1) is 22.7. The lowest BCUT2D eigenvalue weighted by Gasteiger charge is -2.42. The summed E-state index contributed by atoms with van der Waals surface area (Å²) in [6, 6.07) is 12.6. The molecule has 28 heavy (non-hydrogen) atoms. The predicted octanol–water partition coefficient (Wildman–Crippen LogP) is 7.26. The topological polar surface area (TPSA) is 20.2 Å². The molecule has 0 spiro atoms. The summed E-state index contributed by atoms with van der Waals surface area (Å²) >= 11 is 0. The fraction of sp³-hybridized carbons (Fsp3) is 0.615. The van der Waals surface area contributed by atoms with Crippen molar-refractivity contribution in [2.24, 2.45) is 0 Å². The molecule has 1 N–H and O–H groups in total. The van der Waals surface area contributed by atoms with Gasteiger partial charge in [-0.1, -0.05) is 77.3 Å². The van der Waals surface area contributed by atoms with Crippen LogP contribution in [0.3, 0.4) is 0 Å². The van der Waals surface area contributed by atoms with Crippen LogP contribution in [0.4, 0.5) is 0 Å². The Hall–Kier alpha value is -1.54. The van der Waals surface area contributed by atoms with Gasteiger partial charge in [0.1, 0.15) is 5.75 Å². The maximum absolute atomic E-state index is 10.6. The van der Waals surface area contributed by atoms with Crippen LogP contribution in [0.15, 0.2) is 36.4 Å². The zero-order valence-electron chi connectivity index (χ0n) is 18.7. The summed E-state index contributed by atoms with van der Waals surface area (Å²) < 4.78 is 1.25. The number of fused-ring (bicyclic) bond motifs is 1. The average molecular weight is 385 g/mol. The molecule has 2 heteroatoms. The van der Waals surface area contributed by atoms with E-state index in [4.69, 9.17) is 0 Å². The first-order valence-electron chi connectivity index (χ1n) is 11.7. The van der Waals surface area contributed by atoms with E-state index < -0.39 is 0 Å². The molecule has 0 aliphatic rings. The number of unbranched alkanes of at least 4 members (excludes halogenated alkanes) is 3. The molecule has 0 saturated heterocycles. The Balaban J connectivity index is 2.34. The highest BCUT2D eigenvalue weighted by Crippen LogP contribution is 2.33. The van der Waals surface area contributed by atoms with Crippen LogP contribution in [0, 0.1) is 0 Å². The quantitative estimate of drug-likeness (QED) is 0.360. The lowest BCUT2D eigenvalue weighted by Crippen LogP contribution is -2.52. The minimum Gasteiger partial charge on any atom is -0.507 e. The van der Waals surface area contributed by atoms with Gasteiger partial charge in [0.2, 0.25) is 0 Å². The Bertz CT molecular complexity index is 687. The number of rotatable bonds is 13. The summed E-state index contributed by atoms with van der Waals surface area (Å²) in [6.45, 7) is 14.3. The molecule has 2 rings (SSSR count). The van der Waals surface area contributed by atoms with E-state index in [1.165, 1.54) is 74.8 Å². The minimum atomic E-state index is 0.431. The van der Waals surface area contributed by atoms with Gasteiger partial charge in [0.15, 0.2) is 0 Å². The molecule has 2 nitrogen and oxygen atoms in total. The monoisotopic (exact) mass is 384 g/mol. The van der Waals surface area contributed by atoms with Crippen molar-refractivity contribution in [3.05, 3.63) is 42.0 Å². The first-order chi connectivity index (χ1) is 13.6. The van der Waals surface area contributed by atoms with E-state index in [1.54, 1.807) is 0 Å². The molecule has 0 aromatic heterocycles. The summed E-state index contributed by atoms with van der Waals surface area (Å²) in [4.78, 5) is 0. The van der Waals surface area contributed by atoms with Crippen LogP contribution in [-0.2, 0) is 0 Å². The SMILES string of the molecule is CCCC[N+](CCCC)(CCCC)CC(CC)c1cc(O)c2ccccc2c1. The number of phenols is 1. The highest BCUT2D eigenvalue weighted by Gasteiger charge is 2.30. The molecule has 2 aromatic carbocycles. The summed E-state index contributed by atoms with van der Waals surface area (Å²) in [5.74, 6) is 0.932. The lowest BCUT2D eigenvalue weighted by atomic mass is 9.91. The molecule has 0 bridgehead atoms. The fourth-order valence-electron chi connectivity index (χ4n) is 4.58. The van der Waals surface area contributed by atoms with Gasteiger partial charge >= 0.3 is 0 Å². The number of nitrogens with zero attached hydrogens (tertiary/aromatic N) is 1. The average Bonchev–Trinajstić information content (AvgIpc) is 2.72. The van der Waals surface area contributed by atoms with Crippen molar-refractivity contribution in [2.45, 2.75) is 78.6 Å². The molecule has 0 aliphatic heterocycles. The molecule has 0 fully saturated rings. The number of hydrogen-bond donors (Lipinski definition) is 1. The van der Waals surface area contributed by atoms with Crippen LogP contribution < -0.4 is 0 Å². The van der Waals surface area contributed by atoms with Crippen molar-refractivity contribution in [3.8, 4) is 5.75 Å². The Morgan fingerprint density at radius 2 is 1.39 bits per heavy atom. The van der Waals surface area contributed by atoms with Crippen molar-refractivity contribution in [3.63, 3.8) is 0 Å². The molecular weight excluding hydrogens is 342 g/mol. The highest BCUT2D eigenvalue weighted by atomic mass is 16.3. The van der Waals surface area contributed by atoms with Crippen molar-refractivity contribution in [1.82, 2.24) is 0 Å². The molecule has 0 aliphatic carbocycles. The van der Waals surface area contributed by atoms with Crippen LogP contribution >= 0.6 is 0 Å². The number of benzene rings is 2. The van der Waals surface area contributed by atoms with Gasteiger partial charge in [-0.25, -0.2) is 0 Å². The van der Waals surface area contributed by atoms with Gasteiger partial charge in [-0.2, -0.15) is 0 Å². The molecule has 2 aromatic rings. The van der Waals surface area contributed by atoms with E-state index in [1.807, 2.05) is 18.2 Å². The molecule has 1 unspecified atom stereocenters. The Kier molecular flexibility index (Phi) is 9.31. The van der Waals surface area contributed by atoms with E-state index >= 15 is 0 Å². The van der Waals surface area contributed by atoms with Gasteiger partial charge in [0.05, 0.1) is 26.2 Å². The normalized spacial score (nSPS) is 13.1. The molecule has 0 amide bonds. The van der Waals surface area contributed by atoms with Gasteiger partial charge < -0.3 is 9.59 Å². The van der Waals surface area contributed by atoms with Crippen LogP contribution in [0.2, 0.25) is 0 Å². The molecule has 1 atom stereocenters. The number of aromatic hydroxyl groups is 1. The Morgan fingerprint density at radius 1 is 0.821 bits per heavy atom. The zero-order chi connectivity index (χ0) is 20.4. The van der Waals surface area contributed by atoms with E-state index in [2.05, 4.69) is 45.9 Å². The van der Waals surface area contributed by atoms with E-state index in [0.29, 0.717) is 11.7 Å². The van der Waals surface area contributed by atoms with Crippen LogP contribution in [0.1, 0.15) is 84.1 Å². The lowest BCUT2D eigenvalue weighted by molar-refractivity contribution is -0.930. The second-order valence-electron chi connectivity index (χ2n) is 8.62. The van der Waals surface area contributed by atoms with Gasteiger partial charge in [-0.05, 0) is 42.7 Å². The molecule has 0 heterocycles. The second-order valence-corrected chi connectivity index (χ2v) is 8.62. The molecule has 156 valence electrons. The number of phenolic OH excluding ortho intramolecular Hbond substituents is 1. The van der Waals surface area contributed by atoms with Crippen LogP contribution in [0.25, 0.3) is 10.8 Å². The Labute approximate surface area is 173 Å². The van der Waals surface area contributed by atoms with Crippen molar-refractivity contribution >= 4 is 10.8 Å². The predicted molar refractivity (Wildman–Crippen MR) is 123 cm³/mol. The maximum atomic E-state index is 10.6. The van der Waals surface area contributed by atoms with Gasteiger partial charge in [-0.15, -0.1) is 0 Å². The maximum Gasteiger partial charge on any atom is 0.123 e. The summed E-state index contributed by atoms with van der Waals surface area (Å²) in [5.41, 5.74) is 1.31. The third-order valence-corrected chi connectivity index (χ3v) is 6.39. The smallest absolute Gasteiger partial charge is 0.123 e. The summed E-state index contributed by atoms with van der Waals surface area (Å²) in [6.07, 6.45) is 8.87. The molecule has 0 radical (unpaired) electrons. The zero-order valence-corrected chi connectivity index (χ0v) is 18.7. The van der Waals surface area contributed by atoms with Crippen LogP contribution in [0.5, 0.6) is 5.75 Å². The van der Waals surface area contributed by atoms with Crippen molar-refractivity contribution < 1.29 is 9.59 Å². The summed E-state index contributed by atoms with van der Waals surface area (Å²) in [7, 11) is 0. The largest absolute Gasteiger partial charge is 0.507 e. The van der Waals surface area contributed by atoms with Gasteiger partial charge in [-0.3, -0.25) is 0 Å². The molecule has 0 saturated carbocycles. The van der Waals surface area contributed by atoms with Crippen molar-refractivity contribution in [1.29, 1.82) is 0 Å². The first-order valence-corrected chi connectivity index (χ1v) is 11.7. The highest BCUT2D eigenvalue weighted by molar-refractivity contribution is 5.88. The minimum absolute atomic E-state index is 0.431. The van der Waals surface area contributed by atoms with Gasteiger partial charge in [0, 0.05) is 11.3 Å². The third kappa shape index (κ3) is 5.98. The summed E-state index contributed by atoms with van der Waals surface area (Å²) in [5, 5.41) is 12.7. The van der Waals surface area contributed by atoms with E-state index in [0.717, 1.165) is 17.2 Å².